The molecule has 2 N–H and O–H groups in total. The Balaban J connectivity index is 0.00000243. The number of hydrogen-bond acceptors (Lipinski definition) is 6. The SMILES string of the molecule is COC(=O)c1ccc(S(=O)(=O)NCC2NCCc3ccccc32)cn1.Cl. The summed E-state index contributed by atoms with van der Waals surface area (Å²) in [5.41, 5.74) is 2.40. The third-order valence-electron chi connectivity index (χ3n) is 4.13. The number of methoxy groups -OCH3 is 1. The van der Waals surface area contributed by atoms with Gasteiger partial charge in [-0.3, -0.25) is 0 Å². The minimum Gasteiger partial charge on any atom is -0.464 e. The Kier molecular flexibility index (Phi) is 6.71. The Labute approximate surface area is 158 Å². The van der Waals surface area contributed by atoms with Crippen LogP contribution in [0.2, 0.25) is 0 Å². The van der Waals surface area contributed by atoms with Crippen LogP contribution in [0.4, 0.5) is 0 Å². The molecule has 1 aromatic heterocycles. The van der Waals surface area contributed by atoms with E-state index in [1.54, 1.807) is 0 Å². The van der Waals surface area contributed by atoms with Crippen LogP contribution in [0.25, 0.3) is 0 Å². The Morgan fingerprint density at radius 2 is 2.08 bits per heavy atom. The molecule has 0 saturated carbocycles. The van der Waals surface area contributed by atoms with E-state index >= 15 is 0 Å². The summed E-state index contributed by atoms with van der Waals surface area (Å²) in [7, 11) is -2.47. The summed E-state index contributed by atoms with van der Waals surface area (Å²) in [6.45, 7) is 1.04. The standard InChI is InChI=1S/C17H19N3O4S.ClH/c1-24-17(21)15-7-6-13(10-19-15)25(22,23)20-11-16-14-5-3-2-4-12(14)8-9-18-16;/h2-7,10,16,18,20H,8-9,11H2,1H3;1H. The molecule has 3 rings (SSSR count). The van der Waals surface area contributed by atoms with Gasteiger partial charge in [0.25, 0.3) is 0 Å². The number of carbonyl (C=O) groups excluding carboxylic acids is 1. The van der Waals surface area contributed by atoms with E-state index in [4.69, 9.17) is 0 Å². The molecule has 1 atom stereocenters. The first-order chi connectivity index (χ1) is 12.0. The molecule has 0 spiro atoms. The summed E-state index contributed by atoms with van der Waals surface area (Å²) in [6.07, 6.45) is 2.08. The largest absolute Gasteiger partial charge is 0.464 e. The number of rotatable bonds is 5. The van der Waals surface area contributed by atoms with Crippen molar-refractivity contribution in [2.24, 2.45) is 0 Å². The molecule has 26 heavy (non-hydrogen) atoms. The van der Waals surface area contributed by atoms with Gasteiger partial charge in [-0.2, -0.15) is 0 Å². The zero-order valence-electron chi connectivity index (χ0n) is 14.1. The number of nitrogens with one attached hydrogen (secondary N) is 2. The lowest BCUT2D eigenvalue weighted by molar-refractivity contribution is 0.0594. The number of benzene rings is 1. The van der Waals surface area contributed by atoms with E-state index in [-0.39, 0.29) is 35.6 Å². The molecule has 2 heterocycles. The van der Waals surface area contributed by atoms with Gasteiger partial charge < -0.3 is 10.1 Å². The van der Waals surface area contributed by atoms with Crippen molar-refractivity contribution < 1.29 is 17.9 Å². The van der Waals surface area contributed by atoms with Gasteiger partial charge in [0.05, 0.1) is 7.11 Å². The average Bonchev–Trinajstić information content (AvgIpc) is 2.66. The first kappa shape index (κ1) is 20.3. The molecule has 1 aliphatic rings. The zero-order valence-corrected chi connectivity index (χ0v) is 15.8. The van der Waals surface area contributed by atoms with Crippen LogP contribution in [0.5, 0.6) is 0 Å². The smallest absolute Gasteiger partial charge is 0.356 e. The highest BCUT2D eigenvalue weighted by molar-refractivity contribution is 7.89. The lowest BCUT2D eigenvalue weighted by Gasteiger charge is -2.27. The van der Waals surface area contributed by atoms with Crippen molar-refractivity contribution in [3.63, 3.8) is 0 Å². The molecular formula is C17H20ClN3O4S. The normalized spacial score (nSPS) is 16.3. The Morgan fingerprint density at radius 3 is 2.77 bits per heavy atom. The maximum absolute atomic E-state index is 12.4. The fourth-order valence-electron chi connectivity index (χ4n) is 2.82. The second-order valence-electron chi connectivity index (χ2n) is 5.68. The highest BCUT2D eigenvalue weighted by atomic mass is 35.5. The number of aromatic nitrogens is 1. The van der Waals surface area contributed by atoms with Crippen LogP contribution in [-0.4, -0.2) is 39.6 Å². The van der Waals surface area contributed by atoms with Gasteiger partial charge in [0.2, 0.25) is 10.0 Å². The minimum absolute atomic E-state index is 0. The van der Waals surface area contributed by atoms with Crippen molar-refractivity contribution in [1.29, 1.82) is 0 Å². The van der Waals surface area contributed by atoms with Crippen LogP contribution < -0.4 is 10.0 Å². The monoisotopic (exact) mass is 397 g/mol. The fourth-order valence-corrected chi connectivity index (χ4v) is 3.81. The molecule has 9 heteroatoms. The average molecular weight is 398 g/mol. The van der Waals surface area contributed by atoms with E-state index in [1.165, 1.54) is 24.8 Å². The highest BCUT2D eigenvalue weighted by Crippen LogP contribution is 2.22. The van der Waals surface area contributed by atoms with Crippen molar-refractivity contribution in [2.45, 2.75) is 17.4 Å². The molecular weight excluding hydrogens is 378 g/mol. The van der Waals surface area contributed by atoms with Crippen LogP contribution in [0.15, 0.2) is 47.5 Å². The van der Waals surface area contributed by atoms with Gasteiger partial charge in [-0.25, -0.2) is 22.9 Å². The number of esters is 1. The molecule has 140 valence electrons. The first-order valence-electron chi connectivity index (χ1n) is 7.86. The summed E-state index contributed by atoms with van der Waals surface area (Å²) in [5.74, 6) is -0.611. The number of hydrogen-bond donors (Lipinski definition) is 2. The number of halogens is 1. The Hall–Kier alpha value is -2.00. The van der Waals surface area contributed by atoms with Crippen LogP contribution in [0, 0.1) is 0 Å². The number of carbonyl (C=O) groups is 1. The molecule has 0 bridgehead atoms. The number of sulfonamides is 1. The van der Waals surface area contributed by atoms with Crippen molar-refractivity contribution in [1.82, 2.24) is 15.0 Å². The summed E-state index contributed by atoms with van der Waals surface area (Å²) in [6, 6.07) is 10.6. The number of nitrogens with zero attached hydrogens (tertiary/aromatic N) is 1. The second kappa shape index (κ2) is 8.59. The molecule has 0 aliphatic carbocycles. The van der Waals surface area contributed by atoms with Crippen molar-refractivity contribution in [3.8, 4) is 0 Å². The van der Waals surface area contributed by atoms with Gasteiger partial charge in [0, 0.05) is 18.8 Å². The molecule has 0 saturated heterocycles. The minimum atomic E-state index is -3.72. The summed E-state index contributed by atoms with van der Waals surface area (Å²) in [4.78, 5) is 15.2. The Bertz CT molecular complexity index is 872. The predicted octanol–water partition coefficient (Wildman–Crippen LogP) is 1.46. The quantitative estimate of drug-likeness (QED) is 0.741. The fraction of sp³-hybridized carbons (Fsp3) is 0.294. The first-order valence-corrected chi connectivity index (χ1v) is 9.35. The van der Waals surface area contributed by atoms with Crippen molar-refractivity contribution in [3.05, 3.63) is 59.4 Å². The third kappa shape index (κ3) is 4.39. The molecule has 1 aromatic carbocycles. The predicted molar refractivity (Wildman–Crippen MR) is 98.9 cm³/mol. The maximum Gasteiger partial charge on any atom is 0.356 e. The Morgan fingerprint density at radius 1 is 1.31 bits per heavy atom. The number of fused-ring (bicyclic) bond motifs is 1. The molecule has 2 aromatic rings. The van der Waals surface area contributed by atoms with Crippen LogP contribution in [-0.2, 0) is 21.2 Å². The van der Waals surface area contributed by atoms with E-state index in [0.717, 1.165) is 24.7 Å². The number of pyridine rings is 1. The van der Waals surface area contributed by atoms with Crippen LogP contribution in [0.3, 0.4) is 0 Å². The van der Waals surface area contributed by atoms with E-state index in [0.29, 0.717) is 0 Å². The van der Waals surface area contributed by atoms with Crippen molar-refractivity contribution in [2.75, 3.05) is 20.2 Å². The van der Waals surface area contributed by atoms with Gasteiger partial charge in [-0.15, -0.1) is 12.4 Å². The number of ether oxygens (including phenoxy) is 1. The van der Waals surface area contributed by atoms with Gasteiger partial charge in [0.15, 0.2) is 0 Å². The van der Waals surface area contributed by atoms with Gasteiger partial charge in [0.1, 0.15) is 10.6 Å². The molecule has 0 radical (unpaired) electrons. The lowest BCUT2D eigenvalue weighted by atomic mass is 9.95. The van der Waals surface area contributed by atoms with Crippen LogP contribution >= 0.6 is 12.4 Å². The van der Waals surface area contributed by atoms with E-state index < -0.39 is 16.0 Å². The van der Waals surface area contributed by atoms with Crippen molar-refractivity contribution >= 4 is 28.4 Å². The summed E-state index contributed by atoms with van der Waals surface area (Å²) in [5, 5.41) is 3.33. The second-order valence-corrected chi connectivity index (χ2v) is 7.45. The van der Waals surface area contributed by atoms with Gasteiger partial charge in [-0.1, -0.05) is 24.3 Å². The highest BCUT2D eigenvalue weighted by Gasteiger charge is 2.22. The third-order valence-corrected chi connectivity index (χ3v) is 5.54. The molecule has 7 nitrogen and oxygen atoms in total. The summed E-state index contributed by atoms with van der Waals surface area (Å²) < 4.78 is 32.0. The zero-order chi connectivity index (χ0) is 17.9. The van der Waals surface area contributed by atoms with Gasteiger partial charge >= 0.3 is 5.97 Å². The van der Waals surface area contributed by atoms with E-state index in [1.807, 2.05) is 18.2 Å². The summed E-state index contributed by atoms with van der Waals surface area (Å²) >= 11 is 0. The van der Waals surface area contributed by atoms with Crippen LogP contribution in [0.1, 0.15) is 27.7 Å². The molecule has 0 fully saturated rings. The lowest BCUT2D eigenvalue weighted by Crippen LogP contribution is -2.38. The topological polar surface area (TPSA) is 97.4 Å². The van der Waals surface area contributed by atoms with E-state index in [2.05, 4.69) is 25.8 Å². The van der Waals surface area contributed by atoms with E-state index in [9.17, 15) is 13.2 Å². The molecule has 1 aliphatic heterocycles. The maximum atomic E-state index is 12.4. The molecule has 1 unspecified atom stereocenters. The van der Waals surface area contributed by atoms with Gasteiger partial charge in [-0.05, 0) is 36.2 Å². The molecule has 0 amide bonds.